The normalized spacial score (nSPS) is 10.9. The van der Waals surface area contributed by atoms with Gasteiger partial charge in [-0.2, -0.15) is 0 Å². The molecular formula is C14H12ClNO. The number of benzene rings is 1. The minimum atomic E-state index is 0.175. The summed E-state index contributed by atoms with van der Waals surface area (Å²) in [5.74, 6) is 0.175. The quantitative estimate of drug-likeness (QED) is 0.870. The van der Waals surface area contributed by atoms with Crippen LogP contribution in [0.15, 0.2) is 36.4 Å². The van der Waals surface area contributed by atoms with Crippen LogP contribution in [0, 0.1) is 6.92 Å². The van der Waals surface area contributed by atoms with E-state index in [1.54, 1.807) is 18.2 Å². The molecule has 3 heteroatoms. The molecule has 0 aliphatic rings. The maximum absolute atomic E-state index is 9.63. The van der Waals surface area contributed by atoms with Crippen LogP contribution < -0.4 is 0 Å². The largest absolute Gasteiger partial charge is 0.506 e. The number of nitrogens with zero attached hydrogens (tertiary/aromatic N) is 1. The molecule has 0 aliphatic heterocycles. The van der Waals surface area contributed by atoms with Gasteiger partial charge in [0.2, 0.25) is 0 Å². The Labute approximate surface area is 105 Å². The number of aromatic nitrogens is 1. The van der Waals surface area contributed by atoms with Crippen LogP contribution in [0.5, 0.6) is 5.75 Å². The summed E-state index contributed by atoms with van der Waals surface area (Å²) >= 11 is 5.88. The first-order valence-corrected chi connectivity index (χ1v) is 5.63. The van der Waals surface area contributed by atoms with E-state index in [-0.39, 0.29) is 5.75 Å². The van der Waals surface area contributed by atoms with Gasteiger partial charge in [0.15, 0.2) is 0 Å². The molecule has 0 saturated heterocycles. The van der Waals surface area contributed by atoms with Crippen molar-refractivity contribution in [1.29, 1.82) is 0 Å². The molecule has 2 rings (SSSR count). The van der Waals surface area contributed by atoms with Crippen LogP contribution in [-0.4, -0.2) is 10.1 Å². The molecule has 0 saturated carbocycles. The van der Waals surface area contributed by atoms with Gasteiger partial charge in [0.05, 0.1) is 0 Å². The van der Waals surface area contributed by atoms with Gasteiger partial charge in [-0.25, -0.2) is 4.98 Å². The second-order valence-electron chi connectivity index (χ2n) is 3.75. The van der Waals surface area contributed by atoms with Crippen molar-refractivity contribution >= 4 is 23.8 Å². The Morgan fingerprint density at radius 3 is 2.76 bits per heavy atom. The molecule has 0 atom stereocenters. The van der Waals surface area contributed by atoms with Crippen molar-refractivity contribution in [3.63, 3.8) is 0 Å². The van der Waals surface area contributed by atoms with Crippen molar-refractivity contribution in [2.24, 2.45) is 0 Å². The topological polar surface area (TPSA) is 33.1 Å². The van der Waals surface area contributed by atoms with Crippen LogP contribution in [0.1, 0.15) is 17.0 Å². The van der Waals surface area contributed by atoms with Crippen LogP contribution in [0.3, 0.4) is 0 Å². The van der Waals surface area contributed by atoms with Crippen LogP contribution in [0.25, 0.3) is 12.2 Å². The van der Waals surface area contributed by atoms with E-state index in [9.17, 15) is 5.11 Å². The highest BCUT2D eigenvalue weighted by Gasteiger charge is 1.98. The Bertz CT molecular complexity index is 564. The highest BCUT2D eigenvalue weighted by atomic mass is 35.5. The Balaban J connectivity index is 2.29. The third-order valence-corrected chi connectivity index (χ3v) is 2.56. The minimum absolute atomic E-state index is 0.175. The molecule has 1 heterocycles. The van der Waals surface area contributed by atoms with E-state index >= 15 is 0 Å². The van der Waals surface area contributed by atoms with E-state index in [4.69, 9.17) is 11.6 Å². The lowest BCUT2D eigenvalue weighted by molar-refractivity contribution is 0.471. The molecule has 86 valence electrons. The molecule has 0 bridgehead atoms. The van der Waals surface area contributed by atoms with E-state index in [0.717, 1.165) is 11.3 Å². The van der Waals surface area contributed by atoms with Crippen LogP contribution in [0.2, 0.25) is 5.02 Å². The van der Waals surface area contributed by atoms with E-state index < -0.39 is 0 Å². The SMILES string of the molecule is Cc1ccc(O)c(/C=C/c2cccc(Cl)c2)n1. The molecule has 0 unspecified atom stereocenters. The van der Waals surface area contributed by atoms with Crippen LogP contribution in [0.4, 0.5) is 0 Å². The minimum Gasteiger partial charge on any atom is -0.506 e. The van der Waals surface area contributed by atoms with Crippen molar-refractivity contribution in [3.8, 4) is 5.75 Å². The Morgan fingerprint density at radius 2 is 2.00 bits per heavy atom. The molecule has 1 aromatic heterocycles. The molecule has 1 N–H and O–H groups in total. The molecule has 0 aliphatic carbocycles. The summed E-state index contributed by atoms with van der Waals surface area (Å²) in [6.45, 7) is 1.89. The summed E-state index contributed by atoms with van der Waals surface area (Å²) in [5.41, 5.74) is 2.40. The molecule has 0 fully saturated rings. The highest BCUT2D eigenvalue weighted by molar-refractivity contribution is 6.30. The molecule has 17 heavy (non-hydrogen) atoms. The molecule has 2 aromatic rings. The van der Waals surface area contributed by atoms with Gasteiger partial charge in [-0.05, 0) is 42.8 Å². The fourth-order valence-corrected chi connectivity index (χ4v) is 1.68. The van der Waals surface area contributed by atoms with Gasteiger partial charge in [-0.1, -0.05) is 29.8 Å². The number of hydrogen-bond acceptors (Lipinski definition) is 2. The Hall–Kier alpha value is -1.80. The first kappa shape index (κ1) is 11.7. The standard InChI is InChI=1S/C14H12ClNO/c1-10-5-8-14(17)13(16-10)7-6-11-3-2-4-12(15)9-11/h2-9,17H,1H3/b7-6+. The Kier molecular flexibility index (Phi) is 3.45. The zero-order chi connectivity index (χ0) is 12.3. The number of pyridine rings is 1. The van der Waals surface area contributed by atoms with E-state index in [1.165, 1.54) is 0 Å². The van der Waals surface area contributed by atoms with Gasteiger partial charge in [-0.3, -0.25) is 0 Å². The molecular weight excluding hydrogens is 234 g/mol. The second kappa shape index (κ2) is 5.02. The number of aryl methyl sites for hydroxylation is 1. The number of hydrogen-bond donors (Lipinski definition) is 1. The fourth-order valence-electron chi connectivity index (χ4n) is 1.48. The predicted molar refractivity (Wildman–Crippen MR) is 71.0 cm³/mol. The van der Waals surface area contributed by atoms with Gasteiger partial charge in [0.25, 0.3) is 0 Å². The zero-order valence-electron chi connectivity index (χ0n) is 9.39. The molecule has 0 spiro atoms. The maximum Gasteiger partial charge on any atom is 0.141 e. The summed E-state index contributed by atoms with van der Waals surface area (Å²) in [7, 11) is 0. The fraction of sp³-hybridized carbons (Fsp3) is 0.0714. The average molecular weight is 246 g/mol. The first-order chi connectivity index (χ1) is 8.15. The van der Waals surface area contributed by atoms with E-state index in [2.05, 4.69) is 4.98 Å². The third kappa shape index (κ3) is 3.08. The first-order valence-electron chi connectivity index (χ1n) is 5.25. The zero-order valence-corrected chi connectivity index (χ0v) is 10.1. The van der Waals surface area contributed by atoms with Gasteiger partial charge in [0, 0.05) is 10.7 Å². The van der Waals surface area contributed by atoms with E-state index in [0.29, 0.717) is 10.7 Å². The van der Waals surface area contributed by atoms with Crippen molar-refractivity contribution < 1.29 is 5.11 Å². The van der Waals surface area contributed by atoms with Crippen molar-refractivity contribution in [1.82, 2.24) is 4.98 Å². The third-order valence-electron chi connectivity index (χ3n) is 2.32. The van der Waals surface area contributed by atoms with Crippen molar-refractivity contribution in [2.75, 3.05) is 0 Å². The predicted octanol–water partition coefficient (Wildman–Crippen LogP) is 3.92. The number of halogens is 1. The second-order valence-corrected chi connectivity index (χ2v) is 4.18. The molecule has 2 nitrogen and oxygen atoms in total. The summed E-state index contributed by atoms with van der Waals surface area (Å²) in [6.07, 6.45) is 3.64. The summed E-state index contributed by atoms with van der Waals surface area (Å²) in [6, 6.07) is 10.9. The average Bonchev–Trinajstić information content (AvgIpc) is 2.30. The van der Waals surface area contributed by atoms with Gasteiger partial charge in [-0.15, -0.1) is 0 Å². The Morgan fingerprint density at radius 1 is 1.18 bits per heavy atom. The van der Waals surface area contributed by atoms with Crippen molar-refractivity contribution in [2.45, 2.75) is 6.92 Å². The van der Waals surface area contributed by atoms with Gasteiger partial charge < -0.3 is 5.11 Å². The van der Waals surface area contributed by atoms with Crippen LogP contribution >= 0.6 is 11.6 Å². The van der Waals surface area contributed by atoms with Crippen LogP contribution in [-0.2, 0) is 0 Å². The van der Waals surface area contributed by atoms with Gasteiger partial charge >= 0.3 is 0 Å². The van der Waals surface area contributed by atoms with E-state index in [1.807, 2.05) is 37.3 Å². The highest BCUT2D eigenvalue weighted by Crippen LogP contribution is 2.18. The molecule has 1 aromatic carbocycles. The van der Waals surface area contributed by atoms with Crippen molar-refractivity contribution in [3.05, 3.63) is 58.4 Å². The summed E-state index contributed by atoms with van der Waals surface area (Å²) < 4.78 is 0. The van der Waals surface area contributed by atoms with Gasteiger partial charge in [0.1, 0.15) is 11.4 Å². The summed E-state index contributed by atoms with van der Waals surface area (Å²) in [4.78, 5) is 4.24. The number of rotatable bonds is 2. The molecule has 0 radical (unpaired) electrons. The number of aromatic hydroxyl groups is 1. The lowest BCUT2D eigenvalue weighted by atomic mass is 10.2. The molecule has 0 amide bonds. The monoisotopic (exact) mass is 245 g/mol. The smallest absolute Gasteiger partial charge is 0.141 e. The lowest BCUT2D eigenvalue weighted by Crippen LogP contribution is -1.85. The lowest BCUT2D eigenvalue weighted by Gasteiger charge is -1.99. The maximum atomic E-state index is 9.63. The summed E-state index contributed by atoms with van der Waals surface area (Å²) in [5, 5.41) is 10.3.